The van der Waals surface area contributed by atoms with Gasteiger partial charge in [0.15, 0.2) is 0 Å². The third-order valence-corrected chi connectivity index (χ3v) is 3.96. The molecule has 4 heteroatoms. The molecule has 0 spiro atoms. The first-order valence-electron chi connectivity index (χ1n) is 7.02. The summed E-state index contributed by atoms with van der Waals surface area (Å²) in [6.07, 6.45) is 3.24. The van der Waals surface area contributed by atoms with Crippen LogP contribution < -0.4 is 5.32 Å². The summed E-state index contributed by atoms with van der Waals surface area (Å²) in [4.78, 5) is 2.56. The number of aromatic nitrogens is 2. The van der Waals surface area contributed by atoms with Crippen molar-refractivity contribution in [3.05, 3.63) is 18.0 Å². The normalized spacial score (nSPS) is 26.5. The molecule has 0 amide bonds. The third kappa shape index (κ3) is 3.33. The molecule has 2 heterocycles. The Hall–Kier alpha value is -0.870. The van der Waals surface area contributed by atoms with Crippen molar-refractivity contribution in [2.75, 3.05) is 13.1 Å². The van der Waals surface area contributed by atoms with Crippen molar-refractivity contribution in [3.8, 4) is 0 Å². The SMILES string of the molecule is CC(C)C1CN(Cc2ccn(C)n2)C(C)CCN1. The number of nitrogens with one attached hydrogen (secondary N) is 1. The topological polar surface area (TPSA) is 33.1 Å². The molecular formula is C14H26N4. The van der Waals surface area contributed by atoms with Crippen molar-refractivity contribution in [2.24, 2.45) is 13.0 Å². The van der Waals surface area contributed by atoms with E-state index in [1.165, 1.54) is 12.1 Å². The fourth-order valence-electron chi connectivity index (χ4n) is 2.58. The minimum atomic E-state index is 0.596. The van der Waals surface area contributed by atoms with Crippen molar-refractivity contribution in [3.63, 3.8) is 0 Å². The molecule has 0 radical (unpaired) electrons. The summed E-state index contributed by atoms with van der Waals surface area (Å²) in [6, 6.07) is 3.34. The van der Waals surface area contributed by atoms with Crippen LogP contribution in [-0.4, -0.2) is 39.9 Å². The highest BCUT2D eigenvalue weighted by Crippen LogP contribution is 2.16. The number of rotatable bonds is 3. The molecule has 1 saturated heterocycles. The van der Waals surface area contributed by atoms with Gasteiger partial charge in [0.25, 0.3) is 0 Å². The van der Waals surface area contributed by atoms with Crippen LogP contribution in [0.1, 0.15) is 32.9 Å². The molecule has 1 fully saturated rings. The first-order valence-corrected chi connectivity index (χ1v) is 7.02. The van der Waals surface area contributed by atoms with Crippen LogP contribution in [0.2, 0.25) is 0 Å². The molecule has 2 rings (SSSR count). The zero-order chi connectivity index (χ0) is 13.1. The minimum absolute atomic E-state index is 0.596. The number of nitrogens with zero attached hydrogens (tertiary/aromatic N) is 3. The number of hydrogen-bond acceptors (Lipinski definition) is 3. The molecule has 102 valence electrons. The number of hydrogen-bond donors (Lipinski definition) is 1. The van der Waals surface area contributed by atoms with Gasteiger partial charge in [-0.05, 0) is 31.9 Å². The summed E-state index contributed by atoms with van der Waals surface area (Å²) < 4.78 is 1.88. The van der Waals surface area contributed by atoms with Gasteiger partial charge >= 0.3 is 0 Å². The molecule has 4 nitrogen and oxygen atoms in total. The van der Waals surface area contributed by atoms with Gasteiger partial charge in [-0.25, -0.2) is 0 Å². The van der Waals surface area contributed by atoms with Crippen molar-refractivity contribution in [2.45, 2.75) is 45.8 Å². The largest absolute Gasteiger partial charge is 0.312 e. The smallest absolute Gasteiger partial charge is 0.0764 e. The summed E-state index contributed by atoms with van der Waals surface area (Å²) in [7, 11) is 1.98. The van der Waals surface area contributed by atoms with E-state index in [2.05, 4.69) is 42.2 Å². The van der Waals surface area contributed by atoms with Crippen molar-refractivity contribution < 1.29 is 0 Å². The molecule has 1 aromatic rings. The number of aryl methyl sites for hydroxylation is 1. The van der Waals surface area contributed by atoms with Gasteiger partial charge in [-0.2, -0.15) is 5.10 Å². The van der Waals surface area contributed by atoms with Gasteiger partial charge < -0.3 is 5.32 Å². The van der Waals surface area contributed by atoms with E-state index >= 15 is 0 Å². The predicted molar refractivity (Wildman–Crippen MR) is 74.3 cm³/mol. The Balaban J connectivity index is 2.03. The molecule has 2 unspecified atom stereocenters. The van der Waals surface area contributed by atoms with Crippen molar-refractivity contribution in [1.82, 2.24) is 20.0 Å². The van der Waals surface area contributed by atoms with Crippen LogP contribution in [0, 0.1) is 5.92 Å². The van der Waals surface area contributed by atoms with Gasteiger partial charge in [-0.3, -0.25) is 9.58 Å². The molecular weight excluding hydrogens is 224 g/mol. The Morgan fingerprint density at radius 2 is 2.28 bits per heavy atom. The molecule has 18 heavy (non-hydrogen) atoms. The lowest BCUT2D eigenvalue weighted by atomic mass is 10.0. The van der Waals surface area contributed by atoms with Crippen LogP contribution in [0.15, 0.2) is 12.3 Å². The Kier molecular flexibility index (Phi) is 4.40. The second-order valence-corrected chi connectivity index (χ2v) is 5.85. The van der Waals surface area contributed by atoms with Gasteiger partial charge in [0.2, 0.25) is 0 Å². The van der Waals surface area contributed by atoms with Crippen LogP contribution in [0.25, 0.3) is 0 Å². The minimum Gasteiger partial charge on any atom is -0.312 e. The summed E-state index contributed by atoms with van der Waals surface area (Å²) in [5, 5.41) is 8.16. The lowest BCUT2D eigenvalue weighted by molar-refractivity contribution is 0.181. The molecule has 0 saturated carbocycles. The summed E-state index contributed by atoms with van der Waals surface area (Å²) in [6.45, 7) is 10.1. The molecule has 0 aliphatic carbocycles. The summed E-state index contributed by atoms with van der Waals surface area (Å²) in [5.41, 5.74) is 1.17. The van der Waals surface area contributed by atoms with E-state index in [-0.39, 0.29) is 0 Å². The Morgan fingerprint density at radius 1 is 1.50 bits per heavy atom. The molecule has 1 aliphatic rings. The second kappa shape index (κ2) is 5.85. The summed E-state index contributed by atoms with van der Waals surface area (Å²) >= 11 is 0. The van der Waals surface area contributed by atoms with Crippen LogP contribution in [0.5, 0.6) is 0 Å². The van der Waals surface area contributed by atoms with Gasteiger partial charge in [0.05, 0.1) is 5.69 Å². The van der Waals surface area contributed by atoms with Crippen LogP contribution in [0.3, 0.4) is 0 Å². The van der Waals surface area contributed by atoms with E-state index in [4.69, 9.17) is 0 Å². The van der Waals surface area contributed by atoms with E-state index in [1.54, 1.807) is 0 Å². The van der Waals surface area contributed by atoms with E-state index < -0.39 is 0 Å². The van der Waals surface area contributed by atoms with E-state index in [1.807, 2.05) is 17.9 Å². The Morgan fingerprint density at radius 3 is 2.89 bits per heavy atom. The van der Waals surface area contributed by atoms with Crippen LogP contribution >= 0.6 is 0 Å². The molecule has 1 aliphatic heterocycles. The second-order valence-electron chi connectivity index (χ2n) is 5.85. The summed E-state index contributed by atoms with van der Waals surface area (Å²) in [5.74, 6) is 0.682. The maximum atomic E-state index is 4.49. The lowest BCUT2D eigenvalue weighted by Crippen LogP contribution is -2.42. The monoisotopic (exact) mass is 250 g/mol. The highest BCUT2D eigenvalue weighted by molar-refractivity contribution is 4.99. The van der Waals surface area contributed by atoms with Crippen LogP contribution in [-0.2, 0) is 13.6 Å². The third-order valence-electron chi connectivity index (χ3n) is 3.96. The average Bonchev–Trinajstić information content (AvgIpc) is 2.62. The molecule has 0 aromatic carbocycles. The zero-order valence-corrected chi connectivity index (χ0v) is 12.1. The van der Waals surface area contributed by atoms with Crippen molar-refractivity contribution >= 4 is 0 Å². The maximum Gasteiger partial charge on any atom is 0.0764 e. The van der Waals surface area contributed by atoms with E-state index in [0.717, 1.165) is 19.6 Å². The van der Waals surface area contributed by atoms with Gasteiger partial charge in [0.1, 0.15) is 0 Å². The fraction of sp³-hybridized carbons (Fsp3) is 0.786. The fourth-order valence-corrected chi connectivity index (χ4v) is 2.58. The standard InChI is InChI=1S/C14H26N4/c1-11(2)14-10-18(12(3)5-7-15-14)9-13-6-8-17(4)16-13/h6,8,11-12,14-15H,5,7,9-10H2,1-4H3. The van der Waals surface area contributed by atoms with E-state index in [9.17, 15) is 0 Å². The Bertz CT molecular complexity index is 372. The maximum absolute atomic E-state index is 4.49. The van der Waals surface area contributed by atoms with Gasteiger partial charge in [-0.15, -0.1) is 0 Å². The van der Waals surface area contributed by atoms with Gasteiger partial charge in [-0.1, -0.05) is 13.8 Å². The quantitative estimate of drug-likeness (QED) is 0.885. The first kappa shape index (κ1) is 13.6. The first-order chi connectivity index (χ1) is 8.56. The lowest BCUT2D eigenvalue weighted by Gasteiger charge is -2.29. The Labute approximate surface area is 110 Å². The zero-order valence-electron chi connectivity index (χ0n) is 12.1. The molecule has 0 bridgehead atoms. The molecule has 1 aromatic heterocycles. The highest BCUT2D eigenvalue weighted by Gasteiger charge is 2.24. The van der Waals surface area contributed by atoms with Crippen LogP contribution in [0.4, 0.5) is 0 Å². The highest BCUT2D eigenvalue weighted by atomic mass is 15.3. The average molecular weight is 250 g/mol. The molecule has 2 atom stereocenters. The van der Waals surface area contributed by atoms with Crippen molar-refractivity contribution in [1.29, 1.82) is 0 Å². The van der Waals surface area contributed by atoms with E-state index in [0.29, 0.717) is 18.0 Å². The molecule has 1 N–H and O–H groups in total. The predicted octanol–water partition coefficient (Wildman–Crippen LogP) is 1.63. The van der Waals surface area contributed by atoms with Gasteiger partial charge in [0, 0.05) is 38.4 Å².